The van der Waals surface area contributed by atoms with E-state index in [1.807, 2.05) is 42.5 Å². The highest BCUT2D eigenvalue weighted by Gasteiger charge is 2.12. The Hall–Kier alpha value is -1.98. The third kappa shape index (κ3) is 3.81. The van der Waals surface area contributed by atoms with Crippen LogP contribution in [0.5, 0.6) is 11.5 Å². The monoisotopic (exact) mass is 334 g/mol. The van der Waals surface area contributed by atoms with Crippen molar-refractivity contribution in [1.82, 2.24) is 10.6 Å². The molecule has 0 unspecified atom stereocenters. The molecule has 0 radical (unpaired) electrons. The molecule has 2 N–H and O–H groups in total. The van der Waals surface area contributed by atoms with Crippen LogP contribution in [0.2, 0.25) is 5.02 Å². The zero-order valence-corrected chi connectivity index (χ0v) is 13.3. The lowest BCUT2D eigenvalue weighted by molar-refractivity contribution is 0.174. The van der Waals surface area contributed by atoms with Gasteiger partial charge in [-0.2, -0.15) is 0 Å². The van der Waals surface area contributed by atoms with Crippen molar-refractivity contribution in [2.24, 2.45) is 0 Å². The van der Waals surface area contributed by atoms with Crippen LogP contribution in [0.25, 0.3) is 0 Å². The number of hydrogen-bond donors (Lipinski definition) is 2. The van der Waals surface area contributed by atoms with Gasteiger partial charge in [0.25, 0.3) is 0 Å². The van der Waals surface area contributed by atoms with Crippen molar-refractivity contribution < 1.29 is 9.47 Å². The highest BCUT2D eigenvalue weighted by atomic mass is 35.5. The van der Waals surface area contributed by atoms with Gasteiger partial charge in [-0.1, -0.05) is 29.8 Å². The maximum atomic E-state index is 5.85. The summed E-state index contributed by atoms with van der Waals surface area (Å²) in [5.74, 6) is 1.56. The second-order valence-electron chi connectivity index (χ2n) is 4.85. The Balaban J connectivity index is 1.47. The molecule has 0 amide bonds. The molecular formula is C16H15ClN2O2S. The summed E-state index contributed by atoms with van der Waals surface area (Å²) in [5.41, 5.74) is 2.21. The molecule has 1 aliphatic heterocycles. The summed E-state index contributed by atoms with van der Waals surface area (Å²) < 4.78 is 10.6. The van der Waals surface area contributed by atoms with E-state index in [1.54, 1.807) is 0 Å². The van der Waals surface area contributed by atoms with E-state index in [-0.39, 0.29) is 6.79 Å². The number of nitrogens with one attached hydrogen (secondary N) is 2. The molecule has 0 saturated carbocycles. The van der Waals surface area contributed by atoms with Gasteiger partial charge in [0.15, 0.2) is 16.6 Å². The van der Waals surface area contributed by atoms with Crippen LogP contribution in [-0.2, 0) is 13.1 Å². The smallest absolute Gasteiger partial charge is 0.231 e. The summed E-state index contributed by atoms with van der Waals surface area (Å²) in [7, 11) is 0. The average molecular weight is 335 g/mol. The van der Waals surface area contributed by atoms with E-state index >= 15 is 0 Å². The Kier molecular flexibility index (Phi) is 4.65. The van der Waals surface area contributed by atoms with Crippen LogP contribution in [0.3, 0.4) is 0 Å². The summed E-state index contributed by atoms with van der Waals surface area (Å²) in [6.45, 7) is 1.57. The van der Waals surface area contributed by atoms with Crippen molar-refractivity contribution in [3.63, 3.8) is 0 Å². The quantitative estimate of drug-likeness (QED) is 0.840. The molecule has 22 heavy (non-hydrogen) atoms. The van der Waals surface area contributed by atoms with Gasteiger partial charge >= 0.3 is 0 Å². The normalized spacial score (nSPS) is 12.0. The molecule has 0 fully saturated rings. The molecule has 3 rings (SSSR count). The second kappa shape index (κ2) is 6.85. The largest absolute Gasteiger partial charge is 0.454 e. The van der Waals surface area contributed by atoms with Crippen molar-refractivity contribution >= 4 is 28.9 Å². The zero-order valence-electron chi connectivity index (χ0n) is 11.8. The third-order valence-electron chi connectivity index (χ3n) is 3.26. The number of thiocarbonyl (C=S) groups is 1. The molecule has 0 saturated heterocycles. The first kappa shape index (κ1) is 14.9. The Morgan fingerprint density at radius 1 is 0.955 bits per heavy atom. The van der Waals surface area contributed by atoms with Gasteiger partial charge in [-0.25, -0.2) is 0 Å². The van der Waals surface area contributed by atoms with E-state index in [0.29, 0.717) is 18.2 Å². The molecular weight excluding hydrogens is 320 g/mol. The number of halogens is 1. The Bertz CT molecular complexity index is 676. The number of hydrogen-bond acceptors (Lipinski definition) is 3. The van der Waals surface area contributed by atoms with E-state index in [1.165, 1.54) is 0 Å². The molecule has 1 heterocycles. The lowest BCUT2D eigenvalue weighted by Gasteiger charge is -2.11. The summed E-state index contributed by atoms with van der Waals surface area (Å²) >= 11 is 11.1. The summed E-state index contributed by atoms with van der Waals surface area (Å²) in [5, 5.41) is 7.67. The van der Waals surface area contributed by atoms with E-state index in [0.717, 1.165) is 27.6 Å². The fourth-order valence-electron chi connectivity index (χ4n) is 2.08. The molecule has 2 aromatic rings. The maximum Gasteiger partial charge on any atom is 0.231 e. The minimum absolute atomic E-state index is 0.285. The fourth-order valence-corrected chi connectivity index (χ4v) is 2.35. The van der Waals surface area contributed by atoms with Gasteiger partial charge in [0.2, 0.25) is 6.79 Å². The SMILES string of the molecule is S=C(NCc1ccc(Cl)cc1)NCc1ccc2c(c1)OCO2. The van der Waals surface area contributed by atoms with E-state index < -0.39 is 0 Å². The standard InChI is InChI=1S/C16H15ClN2O2S/c17-13-4-1-11(2-5-13)8-18-16(22)19-9-12-3-6-14-15(7-12)21-10-20-14/h1-7H,8-10H2,(H2,18,19,22). The summed E-state index contributed by atoms with van der Waals surface area (Å²) in [6, 6.07) is 13.5. The van der Waals surface area contributed by atoms with Gasteiger partial charge in [0.1, 0.15) is 0 Å². The number of fused-ring (bicyclic) bond motifs is 1. The first-order valence-corrected chi connectivity index (χ1v) is 7.64. The van der Waals surface area contributed by atoms with Crippen LogP contribution < -0.4 is 20.1 Å². The molecule has 0 aromatic heterocycles. The number of benzene rings is 2. The number of ether oxygens (including phenoxy) is 2. The first-order chi connectivity index (χ1) is 10.7. The van der Waals surface area contributed by atoms with Crippen LogP contribution in [-0.4, -0.2) is 11.9 Å². The van der Waals surface area contributed by atoms with Crippen molar-refractivity contribution in [3.8, 4) is 11.5 Å². The number of rotatable bonds is 4. The fraction of sp³-hybridized carbons (Fsp3) is 0.188. The zero-order chi connectivity index (χ0) is 15.4. The lowest BCUT2D eigenvalue weighted by atomic mass is 10.2. The highest BCUT2D eigenvalue weighted by Crippen LogP contribution is 2.32. The summed E-state index contributed by atoms with van der Waals surface area (Å²) in [6.07, 6.45) is 0. The van der Waals surface area contributed by atoms with Crippen LogP contribution in [0.15, 0.2) is 42.5 Å². The van der Waals surface area contributed by atoms with Crippen molar-refractivity contribution in [2.75, 3.05) is 6.79 Å². The molecule has 1 aliphatic rings. The van der Waals surface area contributed by atoms with Crippen LogP contribution in [0.4, 0.5) is 0 Å². The molecule has 6 heteroatoms. The van der Waals surface area contributed by atoms with E-state index in [9.17, 15) is 0 Å². The third-order valence-corrected chi connectivity index (χ3v) is 3.80. The van der Waals surface area contributed by atoms with E-state index in [2.05, 4.69) is 10.6 Å². The molecule has 2 aromatic carbocycles. The van der Waals surface area contributed by atoms with Crippen molar-refractivity contribution in [1.29, 1.82) is 0 Å². The van der Waals surface area contributed by atoms with Crippen LogP contribution >= 0.6 is 23.8 Å². The molecule has 114 valence electrons. The predicted octanol–water partition coefficient (Wildman–Crippen LogP) is 3.23. The topological polar surface area (TPSA) is 42.5 Å². The maximum absolute atomic E-state index is 5.85. The van der Waals surface area contributed by atoms with E-state index in [4.69, 9.17) is 33.3 Å². The van der Waals surface area contributed by atoms with Crippen LogP contribution in [0, 0.1) is 0 Å². The second-order valence-corrected chi connectivity index (χ2v) is 5.69. The van der Waals surface area contributed by atoms with Crippen LogP contribution in [0.1, 0.15) is 11.1 Å². The predicted molar refractivity (Wildman–Crippen MR) is 90.3 cm³/mol. The van der Waals surface area contributed by atoms with Gasteiger partial charge < -0.3 is 20.1 Å². The van der Waals surface area contributed by atoms with Gasteiger partial charge in [0.05, 0.1) is 0 Å². The Morgan fingerprint density at radius 3 is 2.36 bits per heavy atom. The first-order valence-electron chi connectivity index (χ1n) is 6.85. The molecule has 0 bridgehead atoms. The molecule has 0 atom stereocenters. The van der Waals surface area contributed by atoms with Crippen molar-refractivity contribution in [2.45, 2.75) is 13.1 Å². The van der Waals surface area contributed by atoms with Gasteiger partial charge in [-0.3, -0.25) is 0 Å². The molecule has 0 spiro atoms. The van der Waals surface area contributed by atoms with Crippen molar-refractivity contribution in [3.05, 3.63) is 58.6 Å². The summed E-state index contributed by atoms with van der Waals surface area (Å²) in [4.78, 5) is 0. The average Bonchev–Trinajstić information content (AvgIpc) is 3.00. The highest BCUT2D eigenvalue weighted by molar-refractivity contribution is 7.80. The van der Waals surface area contributed by atoms with Gasteiger partial charge in [-0.05, 0) is 47.6 Å². The Morgan fingerprint density at radius 2 is 1.59 bits per heavy atom. The molecule has 0 aliphatic carbocycles. The van der Waals surface area contributed by atoms with Gasteiger partial charge in [-0.15, -0.1) is 0 Å². The Labute approximate surface area is 139 Å². The molecule has 4 nitrogen and oxygen atoms in total. The lowest BCUT2D eigenvalue weighted by Crippen LogP contribution is -2.34. The van der Waals surface area contributed by atoms with Gasteiger partial charge in [0, 0.05) is 18.1 Å². The minimum Gasteiger partial charge on any atom is -0.454 e. The minimum atomic E-state index is 0.285.